The highest BCUT2D eigenvalue weighted by molar-refractivity contribution is 5.37. The van der Waals surface area contributed by atoms with Gasteiger partial charge in [0.2, 0.25) is 0 Å². The van der Waals surface area contributed by atoms with Crippen molar-refractivity contribution in [3.05, 3.63) is 131 Å². The Labute approximate surface area is 196 Å². The Morgan fingerprint density at radius 1 is 0.455 bits per heavy atom. The van der Waals surface area contributed by atoms with Gasteiger partial charge in [-0.1, -0.05) is 84.9 Å². The van der Waals surface area contributed by atoms with Gasteiger partial charge in [0.25, 0.3) is 0 Å². The van der Waals surface area contributed by atoms with Crippen molar-refractivity contribution in [3.8, 4) is 11.5 Å². The molecule has 0 spiro atoms. The first-order valence-corrected chi connectivity index (χ1v) is 11.2. The van der Waals surface area contributed by atoms with Crippen LogP contribution in [0.1, 0.15) is 34.1 Å². The first kappa shape index (κ1) is 22.6. The quantitative estimate of drug-likeness (QED) is 0.276. The Morgan fingerprint density at radius 3 is 1.12 bits per heavy atom. The van der Waals surface area contributed by atoms with Crippen LogP contribution in [-0.2, 0) is 4.74 Å². The van der Waals surface area contributed by atoms with Crippen molar-refractivity contribution in [2.24, 2.45) is 0 Å². The van der Waals surface area contributed by atoms with Gasteiger partial charge in [-0.15, -0.1) is 0 Å². The zero-order valence-electron chi connectivity index (χ0n) is 19.2. The molecule has 0 aliphatic carbocycles. The van der Waals surface area contributed by atoms with Crippen molar-refractivity contribution in [2.75, 3.05) is 27.4 Å². The molecule has 4 rings (SSSR count). The molecule has 2 unspecified atom stereocenters. The van der Waals surface area contributed by atoms with Crippen LogP contribution in [0.2, 0.25) is 0 Å². The van der Waals surface area contributed by atoms with Crippen LogP contribution in [0.15, 0.2) is 109 Å². The van der Waals surface area contributed by atoms with Crippen molar-refractivity contribution in [1.29, 1.82) is 0 Å². The van der Waals surface area contributed by atoms with E-state index in [2.05, 4.69) is 72.8 Å². The van der Waals surface area contributed by atoms with Gasteiger partial charge in [0.1, 0.15) is 11.5 Å². The van der Waals surface area contributed by atoms with Gasteiger partial charge in [-0.3, -0.25) is 0 Å². The van der Waals surface area contributed by atoms with Crippen LogP contribution in [0.3, 0.4) is 0 Å². The second kappa shape index (κ2) is 11.3. The molecular weight excluding hydrogens is 408 g/mol. The second-order valence-corrected chi connectivity index (χ2v) is 8.01. The largest absolute Gasteiger partial charge is 0.497 e. The zero-order chi connectivity index (χ0) is 22.9. The topological polar surface area (TPSA) is 27.7 Å². The highest BCUT2D eigenvalue weighted by atomic mass is 16.5. The van der Waals surface area contributed by atoms with Gasteiger partial charge in [-0.2, -0.15) is 0 Å². The molecule has 3 nitrogen and oxygen atoms in total. The van der Waals surface area contributed by atoms with Crippen molar-refractivity contribution in [3.63, 3.8) is 0 Å². The van der Waals surface area contributed by atoms with Gasteiger partial charge in [0, 0.05) is 11.8 Å². The minimum Gasteiger partial charge on any atom is -0.497 e. The molecule has 0 bridgehead atoms. The Kier molecular flexibility index (Phi) is 7.78. The van der Waals surface area contributed by atoms with Crippen molar-refractivity contribution < 1.29 is 14.2 Å². The molecular formula is C30H30O3. The van der Waals surface area contributed by atoms with E-state index >= 15 is 0 Å². The molecule has 0 fully saturated rings. The molecule has 0 aliphatic heterocycles. The van der Waals surface area contributed by atoms with E-state index in [4.69, 9.17) is 14.2 Å². The number of ether oxygens (including phenoxy) is 3. The summed E-state index contributed by atoms with van der Waals surface area (Å²) >= 11 is 0. The molecule has 0 aromatic heterocycles. The SMILES string of the molecule is COc1ccc(C(COCC(c2ccccc2)c2ccc(OC)cc2)c2ccccc2)cc1. The van der Waals surface area contributed by atoms with Crippen LogP contribution in [-0.4, -0.2) is 27.4 Å². The standard InChI is InChI=1S/C30H30O3/c1-31-27-17-13-25(14-18-27)29(23-9-5-3-6-10-23)21-33-22-30(24-11-7-4-8-12-24)26-15-19-28(32-2)20-16-26/h3-20,29-30H,21-22H2,1-2H3. The summed E-state index contributed by atoms with van der Waals surface area (Å²) in [6.07, 6.45) is 0. The maximum atomic E-state index is 6.43. The van der Waals surface area contributed by atoms with Gasteiger partial charge >= 0.3 is 0 Å². The molecule has 4 aromatic rings. The maximum absolute atomic E-state index is 6.43. The van der Waals surface area contributed by atoms with Crippen LogP contribution >= 0.6 is 0 Å². The fourth-order valence-electron chi connectivity index (χ4n) is 4.12. The van der Waals surface area contributed by atoms with Crippen LogP contribution < -0.4 is 9.47 Å². The highest BCUT2D eigenvalue weighted by Crippen LogP contribution is 2.30. The predicted octanol–water partition coefficient (Wildman–Crippen LogP) is 6.68. The van der Waals surface area contributed by atoms with Crippen molar-refractivity contribution in [2.45, 2.75) is 11.8 Å². The lowest BCUT2D eigenvalue weighted by Crippen LogP contribution is -2.15. The molecule has 0 heterocycles. The average Bonchev–Trinajstić information content (AvgIpc) is 2.90. The summed E-state index contributed by atoms with van der Waals surface area (Å²) < 4.78 is 17.1. The van der Waals surface area contributed by atoms with E-state index in [1.807, 2.05) is 36.4 Å². The summed E-state index contributed by atoms with van der Waals surface area (Å²) in [4.78, 5) is 0. The van der Waals surface area contributed by atoms with Gasteiger partial charge < -0.3 is 14.2 Å². The van der Waals surface area contributed by atoms with Crippen LogP contribution in [0, 0.1) is 0 Å². The van der Waals surface area contributed by atoms with Gasteiger partial charge in [-0.05, 0) is 46.5 Å². The zero-order valence-corrected chi connectivity index (χ0v) is 19.2. The molecule has 0 radical (unpaired) electrons. The lowest BCUT2D eigenvalue weighted by molar-refractivity contribution is 0.121. The second-order valence-electron chi connectivity index (χ2n) is 8.01. The van der Waals surface area contributed by atoms with Crippen molar-refractivity contribution >= 4 is 0 Å². The normalized spacial score (nSPS) is 12.7. The van der Waals surface area contributed by atoms with E-state index in [1.165, 1.54) is 22.3 Å². The number of benzene rings is 4. The fraction of sp³-hybridized carbons (Fsp3) is 0.200. The third kappa shape index (κ3) is 5.82. The molecule has 2 atom stereocenters. The molecule has 0 amide bonds. The predicted molar refractivity (Wildman–Crippen MR) is 133 cm³/mol. The lowest BCUT2D eigenvalue weighted by Gasteiger charge is -2.22. The summed E-state index contributed by atoms with van der Waals surface area (Å²) in [6, 6.07) is 37.6. The first-order valence-electron chi connectivity index (χ1n) is 11.2. The molecule has 168 valence electrons. The molecule has 3 heteroatoms. The minimum absolute atomic E-state index is 0.143. The van der Waals surface area contributed by atoms with E-state index in [-0.39, 0.29) is 11.8 Å². The summed E-state index contributed by atoms with van der Waals surface area (Å²) in [5, 5.41) is 0. The van der Waals surface area contributed by atoms with E-state index in [9.17, 15) is 0 Å². The van der Waals surface area contributed by atoms with Crippen LogP contribution in [0.4, 0.5) is 0 Å². The summed E-state index contributed by atoms with van der Waals surface area (Å²) in [6.45, 7) is 1.19. The Morgan fingerprint density at radius 2 is 0.788 bits per heavy atom. The van der Waals surface area contributed by atoms with E-state index < -0.39 is 0 Å². The minimum atomic E-state index is 0.143. The third-order valence-electron chi connectivity index (χ3n) is 6.01. The molecule has 33 heavy (non-hydrogen) atoms. The highest BCUT2D eigenvalue weighted by Gasteiger charge is 2.18. The van der Waals surface area contributed by atoms with Gasteiger partial charge in [-0.25, -0.2) is 0 Å². The smallest absolute Gasteiger partial charge is 0.118 e. The van der Waals surface area contributed by atoms with E-state index in [0.29, 0.717) is 13.2 Å². The first-order chi connectivity index (χ1) is 16.3. The fourth-order valence-corrected chi connectivity index (χ4v) is 4.12. The molecule has 0 aliphatic rings. The lowest BCUT2D eigenvalue weighted by atomic mass is 9.91. The van der Waals surface area contributed by atoms with Crippen LogP contribution in [0.25, 0.3) is 0 Å². The Balaban J connectivity index is 1.54. The average molecular weight is 439 g/mol. The Hall–Kier alpha value is -3.56. The van der Waals surface area contributed by atoms with Crippen LogP contribution in [0.5, 0.6) is 11.5 Å². The Bertz CT molecular complexity index is 1000. The molecule has 0 saturated heterocycles. The number of methoxy groups -OCH3 is 2. The van der Waals surface area contributed by atoms with Gasteiger partial charge in [0.05, 0.1) is 27.4 Å². The number of hydrogen-bond acceptors (Lipinski definition) is 3. The monoisotopic (exact) mass is 438 g/mol. The molecule has 4 aromatic carbocycles. The third-order valence-corrected chi connectivity index (χ3v) is 6.01. The maximum Gasteiger partial charge on any atom is 0.118 e. The molecule has 0 N–H and O–H groups in total. The van der Waals surface area contributed by atoms with E-state index in [0.717, 1.165) is 11.5 Å². The van der Waals surface area contributed by atoms with Gasteiger partial charge in [0.15, 0.2) is 0 Å². The number of rotatable bonds is 10. The summed E-state index contributed by atoms with van der Waals surface area (Å²) in [7, 11) is 3.38. The molecule has 0 saturated carbocycles. The number of hydrogen-bond donors (Lipinski definition) is 0. The summed E-state index contributed by atoms with van der Waals surface area (Å²) in [5.74, 6) is 2.00. The van der Waals surface area contributed by atoms with Crippen molar-refractivity contribution in [1.82, 2.24) is 0 Å². The summed E-state index contributed by atoms with van der Waals surface area (Å²) in [5.41, 5.74) is 4.90. The van der Waals surface area contributed by atoms with E-state index in [1.54, 1.807) is 14.2 Å².